The van der Waals surface area contributed by atoms with Gasteiger partial charge in [-0.2, -0.15) is 5.10 Å². The molecule has 1 fully saturated rings. The van der Waals surface area contributed by atoms with E-state index >= 15 is 0 Å². The lowest BCUT2D eigenvalue weighted by atomic mass is 10.2. The highest BCUT2D eigenvalue weighted by atomic mass is 16.5. The quantitative estimate of drug-likeness (QED) is 0.821. The number of carbonyl (C=O) groups is 1. The Labute approximate surface area is 135 Å². The van der Waals surface area contributed by atoms with Gasteiger partial charge in [0.15, 0.2) is 17.2 Å². The molecule has 0 unspecified atom stereocenters. The van der Waals surface area contributed by atoms with Crippen molar-refractivity contribution >= 4 is 11.6 Å². The van der Waals surface area contributed by atoms with Crippen LogP contribution in [0.4, 0.5) is 5.69 Å². The van der Waals surface area contributed by atoms with E-state index in [0.717, 1.165) is 5.69 Å². The number of nitrogens with zero attached hydrogens (tertiary/aromatic N) is 1. The van der Waals surface area contributed by atoms with Crippen molar-refractivity contribution < 1.29 is 14.3 Å². The predicted molar refractivity (Wildman–Crippen MR) is 87.3 cm³/mol. The molecule has 0 radical (unpaired) electrons. The summed E-state index contributed by atoms with van der Waals surface area (Å²) < 4.78 is 11.1. The number of anilines is 1. The summed E-state index contributed by atoms with van der Waals surface area (Å²) in [7, 11) is 0. The monoisotopic (exact) mass is 315 g/mol. The molecule has 2 aromatic rings. The van der Waals surface area contributed by atoms with Crippen LogP contribution in [0, 0.1) is 0 Å². The van der Waals surface area contributed by atoms with Gasteiger partial charge in [0.05, 0.1) is 13.2 Å². The van der Waals surface area contributed by atoms with Crippen LogP contribution in [0.15, 0.2) is 24.3 Å². The van der Waals surface area contributed by atoms with Crippen LogP contribution < -0.4 is 14.8 Å². The maximum Gasteiger partial charge on any atom is 0.276 e. The molecule has 122 valence electrons. The first kappa shape index (κ1) is 15.4. The Kier molecular flexibility index (Phi) is 4.50. The number of H-pyrrole nitrogens is 1. The average Bonchev–Trinajstić information content (AvgIpc) is 3.27. The smallest absolute Gasteiger partial charge is 0.276 e. The van der Waals surface area contributed by atoms with E-state index in [1.165, 1.54) is 12.8 Å². The SMILES string of the molecule is CCOc1ccc(NC(=O)c2cc(C3CC3)[nH]n2)cc1OCC. The number of amides is 1. The van der Waals surface area contributed by atoms with Gasteiger partial charge < -0.3 is 14.8 Å². The molecule has 0 spiro atoms. The second kappa shape index (κ2) is 6.73. The minimum absolute atomic E-state index is 0.236. The van der Waals surface area contributed by atoms with Gasteiger partial charge in [0.2, 0.25) is 0 Å². The third kappa shape index (κ3) is 3.64. The lowest BCUT2D eigenvalue weighted by Crippen LogP contribution is -2.12. The predicted octanol–water partition coefficient (Wildman–Crippen LogP) is 3.34. The lowest BCUT2D eigenvalue weighted by Gasteiger charge is -2.12. The lowest BCUT2D eigenvalue weighted by molar-refractivity contribution is 0.102. The highest BCUT2D eigenvalue weighted by Gasteiger charge is 2.26. The third-order valence-electron chi connectivity index (χ3n) is 3.65. The van der Waals surface area contributed by atoms with Crippen LogP contribution in [-0.4, -0.2) is 29.3 Å². The first-order valence-corrected chi connectivity index (χ1v) is 7.97. The number of aromatic nitrogens is 2. The molecule has 0 aliphatic heterocycles. The van der Waals surface area contributed by atoms with Crippen LogP contribution in [0.2, 0.25) is 0 Å². The van der Waals surface area contributed by atoms with E-state index in [1.54, 1.807) is 18.2 Å². The maximum absolute atomic E-state index is 12.3. The highest BCUT2D eigenvalue weighted by Crippen LogP contribution is 2.39. The number of nitrogens with one attached hydrogen (secondary N) is 2. The number of hydrogen-bond donors (Lipinski definition) is 2. The molecule has 6 nitrogen and oxygen atoms in total. The number of carbonyl (C=O) groups excluding carboxylic acids is 1. The fourth-order valence-corrected chi connectivity index (χ4v) is 2.38. The van der Waals surface area contributed by atoms with Crippen molar-refractivity contribution in [3.63, 3.8) is 0 Å². The zero-order chi connectivity index (χ0) is 16.2. The molecule has 6 heteroatoms. The maximum atomic E-state index is 12.3. The highest BCUT2D eigenvalue weighted by molar-refractivity contribution is 6.03. The Balaban J connectivity index is 1.72. The van der Waals surface area contributed by atoms with E-state index in [1.807, 2.05) is 19.9 Å². The van der Waals surface area contributed by atoms with E-state index < -0.39 is 0 Å². The molecule has 1 heterocycles. The van der Waals surface area contributed by atoms with Gasteiger partial charge in [-0.3, -0.25) is 9.89 Å². The van der Waals surface area contributed by atoms with E-state index in [0.29, 0.717) is 42.0 Å². The topological polar surface area (TPSA) is 76.2 Å². The number of ether oxygens (including phenoxy) is 2. The van der Waals surface area contributed by atoms with Crippen molar-refractivity contribution in [1.29, 1.82) is 0 Å². The second-order valence-corrected chi connectivity index (χ2v) is 5.46. The standard InChI is InChI=1S/C17H21N3O3/c1-3-22-15-8-7-12(9-16(15)23-4-2)18-17(21)14-10-13(19-20-14)11-5-6-11/h7-11H,3-6H2,1-2H3,(H,18,21)(H,19,20). The van der Waals surface area contributed by atoms with Crippen LogP contribution in [-0.2, 0) is 0 Å². The van der Waals surface area contributed by atoms with Gasteiger partial charge in [-0.15, -0.1) is 0 Å². The first-order valence-electron chi connectivity index (χ1n) is 7.97. The van der Waals surface area contributed by atoms with Gasteiger partial charge in [-0.25, -0.2) is 0 Å². The van der Waals surface area contributed by atoms with Crippen LogP contribution in [0.3, 0.4) is 0 Å². The van der Waals surface area contributed by atoms with Crippen molar-refractivity contribution in [1.82, 2.24) is 10.2 Å². The zero-order valence-corrected chi connectivity index (χ0v) is 13.4. The number of hydrogen-bond acceptors (Lipinski definition) is 4. The summed E-state index contributed by atoms with van der Waals surface area (Å²) in [6, 6.07) is 7.18. The molecule has 1 aliphatic carbocycles. The number of rotatable bonds is 7. The van der Waals surface area contributed by atoms with Crippen molar-refractivity contribution in [3.05, 3.63) is 35.7 Å². The molecule has 23 heavy (non-hydrogen) atoms. The molecule has 1 saturated carbocycles. The molecule has 1 amide bonds. The normalized spacial score (nSPS) is 13.7. The van der Waals surface area contributed by atoms with E-state index in [-0.39, 0.29) is 5.91 Å². The number of benzene rings is 1. The summed E-state index contributed by atoms with van der Waals surface area (Å²) in [5.41, 5.74) is 2.09. The van der Waals surface area contributed by atoms with Crippen molar-refractivity contribution in [3.8, 4) is 11.5 Å². The van der Waals surface area contributed by atoms with E-state index in [9.17, 15) is 4.79 Å². The first-order chi connectivity index (χ1) is 11.2. The zero-order valence-electron chi connectivity index (χ0n) is 13.4. The van der Waals surface area contributed by atoms with Crippen LogP contribution >= 0.6 is 0 Å². The molecule has 0 bridgehead atoms. The molecule has 0 atom stereocenters. The molecule has 2 N–H and O–H groups in total. The fraction of sp³-hybridized carbons (Fsp3) is 0.412. The summed E-state index contributed by atoms with van der Waals surface area (Å²) >= 11 is 0. The summed E-state index contributed by atoms with van der Waals surface area (Å²) in [6.07, 6.45) is 2.33. The minimum Gasteiger partial charge on any atom is -0.490 e. The van der Waals surface area contributed by atoms with Crippen molar-refractivity contribution in [2.45, 2.75) is 32.6 Å². The van der Waals surface area contributed by atoms with Gasteiger partial charge in [0, 0.05) is 23.4 Å². The van der Waals surface area contributed by atoms with Gasteiger partial charge in [0.1, 0.15) is 0 Å². The van der Waals surface area contributed by atoms with Gasteiger partial charge in [0.25, 0.3) is 5.91 Å². The minimum atomic E-state index is -0.236. The average molecular weight is 315 g/mol. The molecule has 1 aliphatic rings. The molecule has 1 aromatic heterocycles. The summed E-state index contributed by atoms with van der Waals surface area (Å²) in [5, 5.41) is 9.86. The third-order valence-corrected chi connectivity index (χ3v) is 3.65. The molecule has 3 rings (SSSR count). The second-order valence-electron chi connectivity index (χ2n) is 5.46. The van der Waals surface area contributed by atoms with Gasteiger partial charge in [-0.05, 0) is 44.9 Å². The fourth-order valence-electron chi connectivity index (χ4n) is 2.38. The molecule has 1 aromatic carbocycles. The Hall–Kier alpha value is -2.50. The van der Waals surface area contributed by atoms with Gasteiger partial charge >= 0.3 is 0 Å². The van der Waals surface area contributed by atoms with Crippen LogP contribution in [0.5, 0.6) is 11.5 Å². The number of aromatic amines is 1. The van der Waals surface area contributed by atoms with Gasteiger partial charge in [-0.1, -0.05) is 0 Å². The van der Waals surface area contributed by atoms with E-state index in [2.05, 4.69) is 15.5 Å². The van der Waals surface area contributed by atoms with Crippen LogP contribution in [0.1, 0.15) is 48.8 Å². The Morgan fingerprint density at radius 3 is 2.65 bits per heavy atom. The van der Waals surface area contributed by atoms with Crippen molar-refractivity contribution in [2.75, 3.05) is 18.5 Å². The Bertz CT molecular complexity index is 692. The summed E-state index contributed by atoms with van der Waals surface area (Å²) in [6.45, 7) is 4.91. The van der Waals surface area contributed by atoms with Crippen LogP contribution in [0.25, 0.3) is 0 Å². The Morgan fingerprint density at radius 2 is 1.96 bits per heavy atom. The summed E-state index contributed by atoms with van der Waals surface area (Å²) in [4.78, 5) is 12.3. The summed E-state index contributed by atoms with van der Waals surface area (Å²) in [5.74, 6) is 1.59. The Morgan fingerprint density at radius 1 is 1.22 bits per heavy atom. The molecule has 0 saturated heterocycles. The van der Waals surface area contributed by atoms with E-state index in [4.69, 9.17) is 9.47 Å². The van der Waals surface area contributed by atoms with Crippen molar-refractivity contribution in [2.24, 2.45) is 0 Å². The molecular formula is C17H21N3O3. The largest absolute Gasteiger partial charge is 0.490 e. The molecular weight excluding hydrogens is 294 g/mol.